The molecular formula is C25H21N3O2S. The lowest BCUT2D eigenvalue weighted by molar-refractivity contribution is -0.126. The zero-order valence-electron chi connectivity index (χ0n) is 16.9. The monoisotopic (exact) mass is 427 g/mol. The minimum absolute atomic E-state index is 0.00453. The largest absolute Gasteiger partial charge is 0.334 e. The Balaban J connectivity index is 1.39. The Kier molecular flexibility index (Phi) is 5.22. The molecule has 1 aliphatic heterocycles. The Morgan fingerprint density at radius 1 is 1.06 bits per heavy atom. The highest BCUT2D eigenvalue weighted by atomic mass is 32.1. The van der Waals surface area contributed by atoms with Gasteiger partial charge in [-0.15, -0.1) is 11.3 Å². The first kappa shape index (κ1) is 19.5. The number of hydrogen-bond acceptors (Lipinski definition) is 4. The van der Waals surface area contributed by atoms with Crippen LogP contribution in [-0.2, 0) is 24.3 Å². The fraction of sp³-hybridized carbons (Fsp3) is 0.160. The fourth-order valence-corrected chi connectivity index (χ4v) is 5.13. The summed E-state index contributed by atoms with van der Waals surface area (Å²) >= 11 is 1.52. The second kappa shape index (κ2) is 8.32. The zero-order valence-corrected chi connectivity index (χ0v) is 17.7. The summed E-state index contributed by atoms with van der Waals surface area (Å²) in [7, 11) is 0. The normalized spacial score (nSPS) is 13.6. The molecule has 0 fully saturated rings. The van der Waals surface area contributed by atoms with Gasteiger partial charge in [0.15, 0.2) is 0 Å². The van der Waals surface area contributed by atoms with Crippen molar-refractivity contribution in [2.45, 2.75) is 19.5 Å². The Labute approximate surface area is 183 Å². The first-order valence-electron chi connectivity index (χ1n) is 10.2. The van der Waals surface area contributed by atoms with Crippen LogP contribution in [0, 0.1) is 0 Å². The van der Waals surface area contributed by atoms with Crippen molar-refractivity contribution in [3.05, 3.63) is 105 Å². The molecule has 1 amide bonds. The second-order valence-electron chi connectivity index (χ2n) is 7.60. The summed E-state index contributed by atoms with van der Waals surface area (Å²) in [6.45, 7) is 1.62. The van der Waals surface area contributed by atoms with Crippen molar-refractivity contribution < 1.29 is 4.79 Å². The van der Waals surface area contributed by atoms with Gasteiger partial charge in [0.25, 0.3) is 5.56 Å². The number of aromatic nitrogens is 2. The molecule has 0 saturated heterocycles. The summed E-state index contributed by atoms with van der Waals surface area (Å²) in [6, 6.07) is 19.7. The van der Waals surface area contributed by atoms with Gasteiger partial charge in [-0.25, -0.2) is 4.98 Å². The molecule has 0 radical (unpaired) electrons. The van der Waals surface area contributed by atoms with Crippen molar-refractivity contribution in [2.75, 3.05) is 6.54 Å². The molecule has 5 rings (SSSR count). The number of fused-ring (bicyclic) bond motifs is 3. The van der Waals surface area contributed by atoms with E-state index in [0.29, 0.717) is 31.4 Å². The SMILES string of the molecule is O=C(/C=C/c1ccccc1)N1CCc2c(sc3ncn(Cc4ccccc4)c(=O)c23)C1. The standard InChI is InChI=1S/C25H21N3O2S/c29-22(12-11-18-7-3-1-4-8-18)27-14-13-20-21(16-27)31-24-23(20)25(30)28(17-26-24)15-19-9-5-2-6-10-19/h1-12,17H,13-16H2/b12-11+. The fourth-order valence-electron chi connectivity index (χ4n) is 3.94. The van der Waals surface area contributed by atoms with Crippen LogP contribution in [-0.4, -0.2) is 26.9 Å². The quantitative estimate of drug-likeness (QED) is 0.461. The summed E-state index contributed by atoms with van der Waals surface area (Å²) < 4.78 is 1.67. The minimum atomic E-state index is -0.0126. The summed E-state index contributed by atoms with van der Waals surface area (Å²) in [4.78, 5) is 34.1. The smallest absolute Gasteiger partial charge is 0.262 e. The van der Waals surface area contributed by atoms with Crippen molar-refractivity contribution in [2.24, 2.45) is 0 Å². The van der Waals surface area contributed by atoms with Crippen LogP contribution in [0.25, 0.3) is 16.3 Å². The molecule has 0 N–H and O–H groups in total. The van der Waals surface area contributed by atoms with Gasteiger partial charge in [-0.05, 0) is 29.2 Å². The van der Waals surface area contributed by atoms with E-state index in [9.17, 15) is 9.59 Å². The van der Waals surface area contributed by atoms with E-state index in [1.807, 2.05) is 71.6 Å². The maximum absolute atomic E-state index is 13.2. The molecule has 0 bridgehead atoms. The van der Waals surface area contributed by atoms with Gasteiger partial charge < -0.3 is 4.90 Å². The number of thiophene rings is 1. The highest BCUT2D eigenvalue weighted by Crippen LogP contribution is 2.32. The second-order valence-corrected chi connectivity index (χ2v) is 8.68. The lowest BCUT2D eigenvalue weighted by Crippen LogP contribution is -2.34. The van der Waals surface area contributed by atoms with Crippen LogP contribution in [0.15, 0.2) is 77.9 Å². The van der Waals surface area contributed by atoms with Gasteiger partial charge in [0.2, 0.25) is 5.91 Å². The van der Waals surface area contributed by atoms with Gasteiger partial charge in [0.1, 0.15) is 4.83 Å². The van der Waals surface area contributed by atoms with Crippen LogP contribution in [0.3, 0.4) is 0 Å². The van der Waals surface area contributed by atoms with Crippen molar-refractivity contribution in [3.8, 4) is 0 Å². The van der Waals surface area contributed by atoms with E-state index in [4.69, 9.17) is 0 Å². The van der Waals surface area contributed by atoms with Crippen LogP contribution >= 0.6 is 11.3 Å². The van der Waals surface area contributed by atoms with E-state index in [2.05, 4.69) is 4.98 Å². The van der Waals surface area contributed by atoms with Gasteiger partial charge in [-0.1, -0.05) is 60.7 Å². The maximum atomic E-state index is 13.2. The van der Waals surface area contributed by atoms with Gasteiger partial charge in [-0.2, -0.15) is 0 Å². The molecule has 4 aromatic rings. The van der Waals surface area contributed by atoms with E-state index in [0.717, 1.165) is 26.4 Å². The van der Waals surface area contributed by atoms with Gasteiger partial charge in [0, 0.05) is 17.5 Å². The average Bonchev–Trinajstić information content (AvgIpc) is 3.19. The maximum Gasteiger partial charge on any atom is 0.262 e. The number of nitrogens with zero attached hydrogens (tertiary/aromatic N) is 3. The van der Waals surface area contributed by atoms with Crippen molar-refractivity contribution in [1.29, 1.82) is 0 Å². The third-order valence-corrected chi connectivity index (χ3v) is 6.68. The molecular weight excluding hydrogens is 406 g/mol. The predicted molar refractivity (Wildman–Crippen MR) is 124 cm³/mol. The number of carbonyl (C=O) groups excluding carboxylic acids is 1. The van der Waals surface area contributed by atoms with E-state index in [1.165, 1.54) is 11.3 Å². The molecule has 0 spiro atoms. The molecule has 2 aromatic heterocycles. The first-order valence-corrected chi connectivity index (χ1v) is 11.1. The molecule has 1 aliphatic rings. The number of carbonyl (C=O) groups is 1. The summed E-state index contributed by atoms with van der Waals surface area (Å²) in [6.07, 6.45) is 5.77. The van der Waals surface area contributed by atoms with Gasteiger partial charge >= 0.3 is 0 Å². The molecule has 5 nitrogen and oxygen atoms in total. The Morgan fingerprint density at radius 2 is 1.81 bits per heavy atom. The minimum Gasteiger partial charge on any atom is -0.334 e. The highest BCUT2D eigenvalue weighted by molar-refractivity contribution is 7.18. The van der Waals surface area contributed by atoms with Crippen LogP contribution in [0.1, 0.15) is 21.6 Å². The van der Waals surface area contributed by atoms with Crippen molar-refractivity contribution in [3.63, 3.8) is 0 Å². The van der Waals surface area contributed by atoms with Crippen molar-refractivity contribution in [1.82, 2.24) is 14.5 Å². The zero-order chi connectivity index (χ0) is 21.2. The molecule has 6 heteroatoms. The number of rotatable bonds is 4. The Bertz CT molecular complexity index is 1320. The molecule has 0 atom stereocenters. The molecule has 0 saturated carbocycles. The third-order valence-electron chi connectivity index (χ3n) is 5.55. The van der Waals surface area contributed by atoms with E-state index in [1.54, 1.807) is 17.0 Å². The van der Waals surface area contributed by atoms with Crippen molar-refractivity contribution >= 4 is 33.5 Å². The van der Waals surface area contributed by atoms with Gasteiger partial charge in [-0.3, -0.25) is 14.2 Å². The highest BCUT2D eigenvalue weighted by Gasteiger charge is 2.25. The van der Waals surface area contributed by atoms with Crippen LogP contribution in [0.2, 0.25) is 0 Å². The van der Waals surface area contributed by atoms with E-state index >= 15 is 0 Å². The summed E-state index contributed by atoms with van der Waals surface area (Å²) in [5.74, 6) is -0.0126. The molecule has 31 heavy (non-hydrogen) atoms. The number of amides is 1. The number of hydrogen-bond donors (Lipinski definition) is 0. The molecule has 154 valence electrons. The molecule has 3 heterocycles. The van der Waals surface area contributed by atoms with E-state index in [-0.39, 0.29) is 11.5 Å². The topological polar surface area (TPSA) is 55.2 Å². The summed E-state index contributed by atoms with van der Waals surface area (Å²) in [5, 5.41) is 0.713. The molecule has 0 aliphatic carbocycles. The predicted octanol–water partition coefficient (Wildman–Crippen LogP) is 4.10. The lowest BCUT2D eigenvalue weighted by atomic mass is 10.1. The van der Waals surface area contributed by atoms with Crippen LogP contribution in [0.5, 0.6) is 0 Å². The first-order chi connectivity index (χ1) is 15.2. The summed E-state index contributed by atoms with van der Waals surface area (Å²) in [5.41, 5.74) is 3.11. The Morgan fingerprint density at radius 3 is 2.58 bits per heavy atom. The van der Waals surface area contributed by atoms with Gasteiger partial charge in [0.05, 0.1) is 24.8 Å². The average molecular weight is 428 g/mol. The lowest BCUT2D eigenvalue weighted by Gasteiger charge is -2.25. The molecule has 2 aromatic carbocycles. The third kappa shape index (κ3) is 3.94. The molecule has 0 unspecified atom stereocenters. The number of benzene rings is 2. The van der Waals surface area contributed by atoms with Crippen LogP contribution < -0.4 is 5.56 Å². The van der Waals surface area contributed by atoms with E-state index < -0.39 is 0 Å². The van der Waals surface area contributed by atoms with Crippen LogP contribution in [0.4, 0.5) is 0 Å². The Hall–Kier alpha value is -3.51.